The van der Waals surface area contributed by atoms with E-state index in [2.05, 4.69) is 252 Å². The summed E-state index contributed by atoms with van der Waals surface area (Å²) in [5, 5.41) is 0. The van der Waals surface area contributed by atoms with E-state index in [1.54, 1.807) is 0 Å². The molecule has 4 nitrogen and oxygen atoms in total. The fourth-order valence-corrected chi connectivity index (χ4v) is 12.5. The highest BCUT2D eigenvalue weighted by molar-refractivity contribution is 7.46. The fourth-order valence-electron chi connectivity index (χ4n) is 12.2. The molecule has 0 spiro atoms. The number of phosphoric acid groups is 1. The van der Waals surface area contributed by atoms with Crippen LogP contribution in [0.5, 0.6) is 0 Å². The van der Waals surface area contributed by atoms with Gasteiger partial charge in [0.1, 0.15) is 0 Å². The summed E-state index contributed by atoms with van der Waals surface area (Å²) in [6, 6.07) is 0. The molecule has 0 saturated heterocycles. The van der Waals surface area contributed by atoms with Gasteiger partial charge >= 0.3 is 7.82 Å². The third-order valence-corrected chi connectivity index (χ3v) is 20.1. The van der Waals surface area contributed by atoms with Crippen molar-refractivity contribution in [3.63, 3.8) is 0 Å². The molecule has 0 aromatic carbocycles. The van der Waals surface area contributed by atoms with E-state index >= 15 is 0 Å². The third kappa shape index (κ3) is 65.5. The maximum Gasteiger partial charge on any atom is 0.469 e. The first-order valence-corrected chi connectivity index (χ1v) is 41.5. The molecule has 100 heavy (non-hydrogen) atoms. The molecule has 0 aliphatic carbocycles. The first-order chi connectivity index (χ1) is 47.5. The van der Waals surface area contributed by atoms with Crippen LogP contribution >= 0.6 is 7.82 Å². The zero-order valence-electron chi connectivity index (χ0n) is 69.0. The Labute approximate surface area is 621 Å². The topological polar surface area (TPSA) is 66.8 Å². The van der Waals surface area contributed by atoms with Crippen LogP contribution in [0.15, 0.2) is 210 Å². The van der Waals surface area contributed by atoms with Crippen molar-refractivity contribution < 1.29 is 18.9 Å². The van der Waals surface area contributed by atoms with Crippen molar-refractivity contribution in [2.24, 2.45) is 5.92 Å². The minimum atomic E-state index is -4.36. The molecule has 0 bridgehead atoms. The van der Waals surface area contributed by atoms with Gasteiger partial charge in [-0.1, -0.05) is 217 Å². The zero-order chi connectivity index (χ0) is 74.8. The lowest BCUT2D eigenvalue weighted by molar-refractivity contribution is 0.185. The Morgan fingerprint density at radius 2 is 0.360 bits per heavy atom. The van der Waals surface area contributed by atoms with Gasteiger partial charge in [0, 0.05) is 0 Å². The van der Waals surface area contributed by atoms with Gasteiger partial charge in [-0.15, -0.1) is 0 Å². The van der Waals surface area contributed by atoms with Crippen LogP contribution in [-0.2, 0) is 9.09 Å². The average Bonchev–Trinajstić information content (AvgIpc) is 1.53. The Morgan fingerprint density at radius 3 is 0.490 bits per heavy atom. The summed E-state index contributed by atoms with van der Waals surface area (Å²) >= 11 is 0. The molecular weight excluding hydrogens is 1240 g/mol. The Bertz CT molecular complexity index is 2890. The van der Waals surface area contributed by atoms with E-state index in [9.17, 15) is 4.57 Å². The van der Waals surface area contributed by atoms with Gasteiger partial charge in [0.25, 0.3) is 0 Å². The van der Waals surface area contributed by atoms with Gasteiger partial charge in [0.15, 0.2) is 0 Å². The Kier molecular flexibility index (Phi) is 59.0. The largest absolute Gasteiger partial charge is 0.469 e. The number of hydrogen-bond acceptors (Lipinski definition) is 2. The van der Waals surface area contributed by atoms with E-state index in [0.29, 0.717) is 12.3 Å². The highest BCUT2D eigenvalue weighted by Gasteiger charge is 2.14. The lowest BCUT2D eigenvalue weighted by Crippen LogP contribution is -2.00. The summed E-state index contributed by atoms with van der Waals surface area (Å²) in [7, 11) is -4.36. The molecule has 0 saturated carbocycles. The minimum Gasteiger partial charge on any atom is -0.303 e. The van der Waals surface area contributed by atoms with Crippen molar-refractivity contribution in [3.05, 3.63) is 210 Å². The number of rotatable bonds is 58. The predicted molar refractivity (Wildman–Crippen MR) is 451 cm³/mol. The standard InChI is InChI=1S/C95H157O4P/c1-77(2)39-21-40-78(3)41-22-42-79(4)43-23-44-80(5)45-24-46-81(6)47-25-48-82(7)49-26-50-83(8)51-27-52-84(9)53-28-54-85(10)55-29-56-86(11)57-30-58-87(12)59-31-60-88(13)61-32-62-89(14)63-33-64-90(15)65-34-66-91(16)67-35-68-92(17)69-36-70-93(18)71-37-72-94(19)73-38-74-95(20)75-76-99-100(96,97)98/h39,41,43,45,47,49,51,53,55,57,59,61,63,65,67,69,71,73,95H,21-38,40,42,44,46,48,50,52,54,56,58,60,62,64,66,68,70,72,74-76H2,1-20H3,(H2,96,97,98). The number of allylic oxidation sites excluding steroid dienone is 36. The van der Waals surface area contributed by atoms with Gasteiger partial charge in [-0.3, -0.25) is 4.52 Å². The molecule has 0 rings (SSSR count). The molecule has 1 atom stereocenters. The SMILES string of the molecule is CC(C)=CCCC(C)=CCCC(C)=CCCC(C)=CCCC(C)=CCCC(C)=CCCC(C)=CCCC(C)=CCCC(C)=CCCC(C)=CCCC(C)=CCCC(C)=CCCC(C)=CCCC(C)=CCCC(C)=CCCC(C)=CCCC(C)=CCCC(C)=CCCC(C)CCOP(=O)(O)O. The third-order valence-electron chi connectivity index (χ3n) is 19.6. The highest BCUT2D eigenvalue weighted by atomic mass is 31.2. The van der Waals surface area contributed by atoms with E-state index in [1.165, 1.54) is 152 Å². The number of hydrogen-bond donors (Lipinski definition) is 2. The molecule has 0 aromatic heterocycles. The van der Waals surface area contributed by atoms with Gasteiger partial charge in [0.2, 0.25) is 0 Å². The molecule has 566 valence electrons. The van der Waals surface area contributed by atoms with Crippen LogP contribution in [0.2, 0.25) is 0 Å². The van der Waals surface area contributed by atoms with Crippen molar-refractivity contribution in [3.8, 4) is 0 Å². The Balaban J connectivity index is 4.35. The van der Waals surface area contributed by atoms with Crippen molar-refractivity contribution in [2.75, 3.05) is 6.61 Å². The second kappa shape index (κ2) is 61.9. The summed E-state index contributed by atoms with van der Waals surface area (Å²) in [4.78, 5) is 17.7. The van der Waals surface area contributed by atoms with E-state index in [0.717, 1.165) is 180 Å². The molecule has 0 radical (unpaired) electrons. The number of phosphoric ester groups is 1. The first kappa shape index (κ1) is 95.4. The van der Waals surface area contributed by atoms with E-state index < -0.39 is 7.82 Å². The van der Waals surface area contributed by atoms with Gasteiger partial charge < -0.3 is 9.79 Å². The molecule has 0 amide bonds. The summed E-state index contributed by atoms with van der Waals surface area (Å²) in [6.45, 7) is 45.7. The fraction of sp³-hybridized carbons (Fsp3) is 0.621. The quantitative estimate of drug-likeness (QED) is 0.0470. The van der Waals surface area contributed by atoms with Gasteiger partial charge in [-0.25, -0.2) is 4.57 Å². The second-order valence-corrected chi connectivity index (χ2v) is 32.3. The van der Waals surface area contributed by atoms with E-state index in [-0.39, 0.29) is 6.61 Å². The molecule has 0 aromatic rings. The lowest BCUT2D eigenvalue weighted by Gasteiger charge is -2.11. The van der Waals surface area contributed by atoms with Crippen molar-refractivity contribution in [2.45, 2.75) is 376 Å². The summed E-state index contributed by atoms with van der Waals surface area (Å²) in [5.74, 6) is 0.372. The smallest absolute Gasteiger partial charge is 0.303 e. The van der Waals surface area contributed by atoms with Crippen LogP contribution in [0.25, 0.3) is 0 Å². The molecule has 0 aliphatic rings. The molecule has 0 aliphatic heterocycles. The minimum absolute atomic E-state index is 0.105. The van der Waals surface area contributed by atoms with Gasteiger partial charge in [-0.05, 0) is 375 Å². The summed E-state index contributed by atoms with van der Waals surface area (Å²) in [6.07, 6.45) is 85.7. The molecule has 5 heteroatoms. The zero-order valence-corrected chi connectivity index (χ0v) is 69.9. The molecule has 1 unspecified atom stereocenters. The summed E-state index contributed by atoms with van der Waals surface area (Å²) < 4.78 is 15.4. The normalized spacial score (nSPS) is 15.5. The van der Waals surface area contributed by atoms with Crippen molar-refractivity contribution in [1.82, 2.24) is 0 Å². The van der Waals surface area contributed by atoms with Crippen LogP contribution in [0.4, 0.5) is 0 Å². The van der Waals surface area contributed by atoms with E-state index in [1.807, 2.05) is 0 Å². The van der Waals surface area contributed by atoms with Gasteiger partial charge in [0.05, 0.1) is 6.61 Å². The Morgan fingerprint density at radius 1 is 0.230 bits per heavy atom. The van der Waals surface area contributed by atoms with Crippen LogP contribution in [0.1, 0.15) is 376 Å². The molecule has 2 N–H and O–H groups in total. The van der Waals surface area contributed by atoms with Crippen molar-refractivity contribution >= 4 is 7.82 Å². The molecule has 0 fully saturated rings. The van der Waals surface area contributed by atoms with E-state index in [4.69, 9.17) is 9.79 Å². The second-order valence-electron chi connectivity index (χ2n) is 31.1. The van der Waals surface area contributed by atoms with Crippen LogP contribution < -0.4 is 0 Å². The molecular formula is C95H157O4P. The van der Waals surface area contributed by atoms with Crippen molar-refractivity contribution in [1.29, 1.82) is 0 Å². The van der Waals surface area contributed by atoms with Gasteiger partial charge in [-0.2, -0.15) is 0 Å². The first-order valence-electron chi connectivity index (χ1n) is 40.0. The monoisotopic (exact) mass is 1390 g/mol. The molecule has 0 heterocycles. The van der Waals surface area contributed by atoms with Crippen LogP contribution in [0.3, 0.4) is 0 Å². The van der Waals surface area contributed by atoms with Crippen LogP contribution in [0, 0.1) is 5.92 Å². The maximum absolute atomic E-state index is 10.9. The summed E-state index contributed by atoms with van der Waals surface area (Å²) in [5.41, 5.74) is 27.1. The highest BCUT2D eigenvalue weighted by Crippen LogP contribution is 2.36. The maximum atomic E-state index is 10.9. The lowest BCUT2D eigenvalue weighted by atomic mass is 10.0. The van der Waals surface area contributed by atoms with Crippen LogP contribution in [-0.4, -0.2) is 16.4 Å². The predicted octanol–water partition coefficient (Wildman–Crippen LogP) is 32.2. The Hall–Kier alpha value is -4.57. The average molecular weight is 1390 g/mol.